The topological polar surface area (TPSA) is 94.5 Å². The Balaban J connectivity index is 1.45. The Hall–Kier alpha value is -3.67. The maximum Gasteiger partial charge on any atom is 0.346 e. The second-order valence-electron chi connectivity index (χ2n) is 11.6. The summed E-state index contributed by atoms with van der Waals surface area (Å²) in [5.41, 5.74) is 4.27. The zero-order valence-electron chi connectivity index (χ0n) is 22.3. The molecule has 0 aliphatic carbocycles. The quantitative estimate of drug-likeness (QED) is 0.160. The van der Waals surface area contributed by atoms with Crippen LogP contribution >= 0.6 is 22.7 Å². The van der Waals surface area contributed by atoms with Crippen molar-refractivity contribution in [2.75, 3.05) is 18.0 Å². The van der Waals surface area contributed by atoms with Crippen LogP contribution < -0.4 is 10.5 Å². The fourth-order valence-electron chi connectivity index (χ4n) is 5.79. The Morgan fingerprint density at radius 1 is 1.03 bits per heavy atom. The van der Waals surface area contributed by atoms with E-state index >= 15 is 0 Å². The Morgan fingerprint density at radius 3 is 2.41 bits per heavy atom. The van der Waals surface area contributed by atoms with Crippen LogP contribution in [0.3, 0.4) is 0 Å². The van der Waals surface area contributed by atoms with Crippen LogP contribution in [0.25, 0.3) is 37.2 Å². The van der Waals surface area contributed by atoms with Crippen LogP contribution in [0.2, 0.25) is 0 Å². The molecule has 0 atom stereocenters. The van der Waals surface area contributed by atoms with Gasteiger partial charge in [-0.15, -0.1) is 22.7 Å². The summed E-state index contributed by atoms with van der Waals surface area (Å²) < 4.78 is 6.15. The highest BCUT2D eigenvalue weighted by Crippen LogP contribution is 2.52. The minimum absolute atomic E-state index is 0.0337. The van der Waals surface area contributed by atoms with Crippen LogP contribution in [0.4, 0.5) is 5.69 Å². The molecule has 0 unspecified atom stereocenters. The number of nitriles is 1. The summed E-state index contributed by atoms with van der Waals surface area (Å²) in [6.45, 7) is 11.1. The van der Waals surface area contributed by atoms with E-state index in [9.17, 15) is 9.59 Å². The Kier molecular flexibility index (Phi) is 5.87. The highest BCUT2D eigenvalue weighted by atomic mass is 32.1. The molecule has 0 spiro atoms. The molecule has 1 N–H and O–H groups in total. The van der Waals surface area contributed by atoms with E-state index in [4.69, 9.17) is 14.8 Å². The second kappa shape index (κ2) is 8.94. The van der Waals surface area contributed by atoms with E-state index < -0.39 is 5.97 Å². The molecule has 6 rings (SSSR count). The van der Waals surface area contributed by atoms with Gasteiger partial charge in [0.2, 0.25) is 0 Å². The number of hydrogen-bond acceptors (Lipinski definition) is 7. The third-order valence-corrected chi connectivity index (χ3v) is 10.5. The summed E-state index contributed by atoms with van der Waals surface area (Å²) in [6, 6.07) is 13.5. The van der Waals surface area contributed by atoms with Crippen LogP contribution in [0.15, 0.2) is 51.2 Å². The Labute approximate surface area is 234 Å². The maximum atomic E-state index is 13.4. The highest BCUT2D eigenvalue weighted by Gasteiger charge is 2.42. The SMILES string of the molecule is CC1(C)CCN2CCC(C)(C)c3c2c1cc1cc(-c2ccc(-c4ccc(C=C(C#N)C(=O)O)s4)s2)c(=O)oc31. The normalized spacial score (nSPS) is 17.6. The van der Waals surface area contributed by atoms with Gasteiger partial charge in [0.1, 0.15) is 17.2 Å². The van der Waals surface area contributed by atoms with Crippen LogP contribution in [-0.4, -0.2) is 24.2 Å². The molecule has 3 aromatic heterocycles. The molecule has 6 nitrogen and oxygen atoms in total. The number of anilines is 1. The summed E-state index contributed by atoms with van der Waals surface area (Å²) in [6.07, 6.45) is 3.48. The minimum atomic E-state index is -1.25. The molecule has 2 aliphatic rings. The van der Waals surface area contributed by atoms with Gasteiger partial charge in [-0.25, -0.2) is 9.59 Å². The van der Waals surface area contributed by atoms with Crippen LogP contribution in [-0.2, 0) is 15.6 Å². The Morgan fingerprint density at radius 2 is 1.69 bits per heavy atom. The summed E-state index contributed by atoms with van der Waals surface area (Å²) in [7, 11) is 0. The summed E-state index contributed by atoms with van der Waals surface area (Å²) in [5, 5.41) is 19.1. The van der Waals surface area contributed by atoms with Crippen molar-refractivity contribution in [3.63, 3.8) is 0 Å². The Bertz CT molecular complexity index is 1790. The molecular formula is C31H28N2O4S2. The van der Waals surface area contributed by atoms with Gasteiger partial charge < -0.3 is 14.4 Å². The number of carboxylic acids is 1. The van der Waals surface area contributed by atoms with Gasteiger partial charge in [0.25, 0.3) is 0 Å². The molecule has 0 amide bonds. The number of fused-ring (bicyclic) bond motifs is 2. The molecule has 39 heavy (non-hydrogen) atoms. The van der Waals surface area contributed by atoms with Crippen LogP contribution in [0.1, 0.15) is 56.5 Å². The largest absolute Gasteiger partial charge is 0.477 e. The van der Waals surface area contributed by atoms with Gasteiger partial charge in [0.05, 0.1) is 5.56 Å². The zero-order valence-corrected chi connectivity index (χ0v) is 23.9. The van der Waals surface area contributed by atoms with Gasteiger partial charge in [-0.3, -0.25) is 0 Å². The fraction of sp³-hybridized carbons (Fsp3) is 0.323. The van der Waals surface area contributed by atoms with Crippen molar-refractivity contribution in [2.24, 2.45) is 0 Å². The lowest BCUT2D eigenvalue weighted by Gasteiger charge is -2.48. The summed E-state index contributed by atoms with van der Waals surface area (Å²) >= 11 is 2.90. The molecule has 0 saturated carbocycles. The smallest absolute Gasteiger partial charge is 0.346 e. The van der Waals surface area contributed by atoms with Gasteiger partial charge in [-0.1, -0.05) is 27.7 Å². The molecule has 0 fully saturated rings. The molecular weight excluding hydrogens is 528 g/mol. The van der Waals surface area contributed by atoms with Crippen LogP contribution in [0, 0.1) is 11.3 Å². The van der Waals surface area contributed by atoms with Crippen molar-refractivity contribution in [2.45, 2.75) is 51.4 Å². The number of rotatable bonds is 4. The molecule has 8 heteroatoms. The lowest BCUT2D eigenvalue weighted by Crippen LogP contribution is -2.44. The molecule has 0 radical (unpaired) electrons. The van der Waals surface area contributed by atoms with Gasteiger partial charge in [0, 0.05) is 49.2 Å². The number of hydrogen-bond donors (Lipinski definition) is 1. The zero-order chi connectivity index (χ0) is 27.7. The number of aliphatic carboxylic acids is 1. The highest BCUT2D eigenvalue weighted by molar-refractivity contribution is 7.24. The third-order valence-electron chi connectivity index (χ3n) is 8.11. The predicted octanol–water partition coefficient (Wildman–Crippen LogP) is 7.41. The molecule has 4 aromatic rings. The van der Waals surface area contributed by atoms with Crippen molar-refractivity contribution < 1.29 is 14.3 Å². The number of carbonyl (C=O) groups is 1. The first kappa shape index (κ1) is 25.6. The maximum absolute atomic E-state index is 13.4. The number of thiophene rings is 2. The molecule has 198 valence electrons. The molecule has 2 aliphatic heterocycles. The fourth-order valence-corrected chi connectivity index (χ4v) is 7.84. The minimum Gasteiger partial charge on any atom is -0.477 e. The molecule has 0 bridgehead atoms. The summed E-state index contributed by atoms with van der Waals surface area (Å²) in [5.74, 6) is -1.25. The third kappa shape index (κ3) is 4.21. The van der Waals surface area contributed by atoms with E-state index in [1.54, 1.807) is 12.1 Å². The standard InChI is InChI=1S/C31H28N2O4S2/c1-30(2)9-11-33-12-10-31(3,4)25-26(33)21(30)15-17-14-20(29(36)37-27(17)25)22-7-8-24(39-22)23-6-5-19(38-23)13-18(16-32)28(34)35/h5-8,13-15H,9-12H2,1-4H3,(H,34,35). The van der Waals surface area contributed by atoms with Crippen molar-refractivity contribution in [1.29, 1.82) is 5.26 Å². The molecule has 0 saturated heterocycles. The van der Waals surface area contributed by atoms with Crippen molar-refractivity contribution in [3.8, 4) is 26.3 Å². The molecule has 5 heterocycles. The van der Waals surface area contributed by atoms with Gasteiger partial charge in [0.15, 0.2) is 0 Å². The molecule has 1 aromatic carbocycles. The van der Waals surface area contributed by atoms with Crippen molar-refractivity contribution >= 4 is 51.4 Å². The number of carboxylic acid groups (broad SMARTS) is 1. The number of benzene rings is 1. The van der Waals surface area contributed by atoms with Gasteiger partial charge in [-0.2, -0.15) is 5.26 Å². The van der Waals surface area contributed by atoms with E-state index in [0.717, 1.165) is 51.5 Å². The first-order chi connectivity index (χ1) is 18.5. The van der Waals surface area contributed by atoms with Crippen molar-refractivity contribution in [3.05, 3.63) is 68.4 Å². The monoisotopic (exact) mass is 556 g/mol. The first-order valence-electron chi connectivity index (χ1n) is 12.9. The summed E-state index contributed by atoms with van der Waals surface area (Å²) in [4.78, 5) is 30.5. The average Bonchev–Trinajstić information content (AvgIpc) is 3.55. The number of nitrogens with zero attached hydrogens (tertiary/aromatic N) is 2. The van der Waals surface area contributed by atoms with E-state index in [1.807, 2.05) is 24.3 Å². The van der Waals surface area contributed by atoms with E-state index in [0.29, 0.717) is 16.0 Å². The van der Waals surface area contributed by atoms with Gasteiger partial charge in [-0.05, 0) is 71.7 Å². The van der Waals surface area contributed by atoms with E-state index in [1.165, 1.54) is 40.0 Å². The van der Waals surface area contributed by atoms with Crippen LogP contribution in [0.5, 0.6) is 0 Å². The van der Waals surface area contributed by atoms with Crippen molar-refractivity contribution in [1.82, 2.24) is 0 Å². The predicted molar refractivity (Wildman–Crippen MR) is 158 cm³/mol. The first-order valence-corrected chi connectivity index (χ1v) is 14.6. The second-order valence-corrected chi connectivity index (χ2v) is 13.8. The van der Waals surface area contributed by atoms with E-state index in [2.05, 4.69) is 38.7 Å². The lowest BCUT2D eigenvalue weighted by molar-refractivity contribution is -0.132. The van der Waals surface area contributed by atoms with E-state index in [-0.39, 0.29) is 22.0 Å². The van der Waals surface area contributed by atoms with Gasteiger partial charge >= 0.3 is 11.6 Å². The lowest BCUT2D eigenvalue weighted by atomic mass is 9.69. The average molecular weight is 557 g/mol.